The molecule has 2 aromatic rings. The number of anilines is 2. The molecule has 6 heteroatoms. The van der Waals surface area contributed by atoms with E-state index in [9.17, 15) is 9.59 Å². The first-order valence-corrected chi connectivity index (χ1v) is 10.6. The summed E-state index contributed by atoms with van der Waals surface area (Å²) in [5, 5.41) is 2.84. The van der Waals surface area contributed by atoms with Gasteiger partial charge in [0.15, 0.2) is 6.61 Å². The van der Waals surface area contributed by atoms with Crippen molar-refractivity contribution in [2.75, 3.05) is 30.0 Å². The molecule has 1 aliphatic rings. The average Bonchev–Trinajstić information content (AvgIpc) is 2.80. The second kappa shape index (κ2) is 8.61. The lowest BCUT2D eigenvalue weighted by molar-refractivity contribution is -0.127. The first-order valence-electron chi connectivity index (χ1n) is 10.6. The third-order valence-electron chi connectivity index (χ3n) is 5.35. The van der Waals surface area contributed by atoms with Gasteiger partial charge in [-0.3, -0.25) is 9.59 Å². The lowest BCUT2D eigenvalue weighted by Gasteiger charge is -2.26. The van der Waals surface area contributed by atoms with Crippen LogP contribution in [0.25, 0.3) is 0 Å². The van der Waals surface area contributed by atoms with E-state index in [2.05, 4.69) is 26.1 Å². The third kappa shape index (κ3) is 5.19. The molecule has 0 aliphatic carbocycles. The van der Waals surface area contributed by atoms with E-state index in [1.54, 1.807) is 23.1 Å². The first-order chi connectivity index (χ1) is 14.5. The zero-order valence-electron chi connectivity index (χ0n) is 19.2. The first kappa shape index (κ1) is 22.7. The minimum Gasteiger partial charge on any atom is -0.490 e. The normalized spacial score (nSPS) is 15.5. The molecular formula is C25H32N2O4. The van der Waals surface area contributed by atoms with E-state index in [4.69, 9.17) is 9.47 Å². The number of nitrogens with zero attached hydrogens (tertiary/aromatic N) is 1. The minimum absolute atomic E-state index is 0.0245. The van der Waals surface area contributed by atoms with Crippen LogP contribution in [-0.2, 0) is 15.0 Å². The summed E-state index contributed by atoms with van der Waals surface area (Å²) in [6.45, 7) is 12.9. The smallest absolute Gasteiger partial charge is 0.262 e. The van der Waals surface area contributed by atoms with Crippen molar-refractivity contribution >= 4 is 23.2 Å². The van der Waals surface area contributed by atoms with Gasteiger partial charge in [0.1, 0.15) is 18.1 Å². The zero-order valence-corrected chi connectivity index (χ0v) is 19.2. The summed E-state index contributed by atoms with van der Waals surface area (Å²) < 4.78 is 11.5. The molecule has 31 heavy (non-hydrogen) atoms. The van der Waals surface area contributed by atoms with E-state index in [0.29, 0.717) is 29.4 Å². The Morgan fingerprint density at radius 3 is 2.45 bits per heavy atom. The maximum Gasteiger partial charge on any atom is 0.262 e. The molecule has 1 N–H and O–H groups in total. The fourth-order valence-electron chi connectivity index (χ4n) is 3.44. The average molecular weight is 425 g/mol. The minimum atomic E-state index is -0.616. The molecule has 0 spiro atoms. The van der Waals surface area contributed by atoms with Crippen LogP contribution in [0, 0.1) is 5.41 Å². The maximum absolute atomic E-state index is 12.8. The van der Waals surface area contributed by atoms with E-state index in [1.165, 1.54) is 5.56 Å². The van der Waals surface area contributed by atoms with Crippen LogP contribution in [0.2, 0.25) is 0 Å². The van der Waals surface area contributed by atoms with Gasteiger partial charge in [-0.15, -0.1) is 0 Å². The van der Waals surface area contributed by atoms with E-state index in [0.717, 1.165) is 0 Å². The summed E-state index contributed by atoms with van der Waals surface area (Å²) in [4.78, 5) is 26.9. The third-order valence-corrected chi connectivity index (χ3v) is 5.35. The van der Waals surface area contributed by atoms with E-state index < -0.39 is 5.41 Å². The Hall–Kier alpha value is -3.02. The van der Waals surface area contributed by atoms with Crippen LogP contribution in [-0.4, -0.2) is 31.6 Å². The number of hydrogen-bond donors (Lipinski definition) is 1. The molecule has 0 atom stereocenters. The Labute approximate surface area is 184 Å². The van der Waals surface area contributed by atoms with Gasteiger partial charge in [-0.2, -0.15) is 0 Å². The number of carbonyl (C=O) groups is 2. The van der Waals surface area contributed by atoms with Crippen LogP contribution < -0.4 is 19.7 Å². The number of nitrogens with one attached hydrogen (secondary N) is 1. The van der Waals surface area contributed by atoms with Gasteiger partial charge < -0.3 is 19.7 Å². The Morgan fingerprint density at radius 1 is 1.16 bits per heavy atom. The van der Waals surface area contributed by atoms with Crippen molar-refractivity contribution < 1.29 is 19.1 Å². The van der Waals surface area contributed by atoms with Gasteiger partial charge in [-0.05, 0) is 56.0 Å². The maximum atomic E-state index is 12.8. The fraction of sp³-hybridized carbons (Fsp3) is 0.440. The number of amides is 2. The molecule has 0 saturated heterocycles. The number of fused-ring (bicyclic) bond motifs is 1. The number of rotatable bonds is 5. The summed E-state index contributed by atoms with van der Waals surface area (Å²) in [6.07, 6.45) is 0. The van der Waals surface area contributed by atoms with Crippen LogP contribution in [0.15, 0.2) is 42.5 Å². The predicted octanol–water partition coefficient (Wildman–Crippen LogP) is 4.77. The molecule has 0 radical (unpaired) electrons. The molecule has 1 aliphatic heterocycles. The highest BCUT2D eigenvalue weighted by Crippen LogP contribution is 2.38. The molecule has 2 amide bonds. The lowest BCUT2D eigenvalue weighted by Crippen LogP contribution is -2.42. The van der Waals surface area contributed by atoms with Crippen molar-refractivity contribution in [2.24, 2.45) is 5.41 Å². The number of ether oxygens (including phenoxy) is 2. The predicted molar refractivity (Wildman–Crippen MR) is 123 cm³/mol. The van der Waals surface area contributed by atoms with Gasteiger partial charge in [0.2, 0.25) is 5.91 Å². The Bertz CT molecular complexity index is 958. The fourth-order valence-corrected chi connectivity index (χ4v) is 3.44. The number of carbonyl (C=O) groups excluding carboxylic acids is 2. The number of benzene rings is 2. The highest BCUT2D eigenvalue weighted by molar-refractivity contribution is 6.00. The monoisotopic (exact) mass is 424 g/mol. The molecule has 6 nitrogen and oxygen atoms in total. The second-order valence-electron chi connectivity index (χ2n) is 9.52. The molecule has 2 aromatic carbocycles. The van der Waals surface area contributed by atoms with Gasteiger partial charge in [0.25, 0.3) is 5.91 Å². The topological polar surface area (TPSA) is 67.9 Å². The standard InChI is InChI=1S/C25H32N2O4/c1-7-27-20-13-10-18(14-21(20)31-16-25(5,6)23(27)29)26-22(28)15-30-19-11-8-17(9-12-19)24(2,3)4/h8-14H,7,15-16H2,1-6H3,(H,26,28). The summed E-state index contributed by atoms with van der Waals surface area (Å²) in [6, 6.07) is 13.1. The molecular weight excluding hydrogens is 392 g/mol. The molecule has 3 rings (SSSR count). The molecule has 1 heterocycles. The highest BCUT2D eigenvalue weighted by Gasteiger charge is 2.37. The van der Waals surface area contributed by atoms with Crippen LogP contribution in [0.3, 0.4) is 0 Å². The van der Waals surface area contributed by atoms with Gasteiger partial charge in [0, 0.05) is 18.3 Å². The van der Waals surface area contributed by atoms with Crippen LogP contribution in [0.1, 0.15) is 47.1 Å². The zero-order chi connectivity index (χ0) is 22.8. The van der Waals surface area contributed by atoms with Crippen molar-refractivity contribution in [1.29, 1.82) is 0 Å². The van der Waals surface area contributed by atoms with Crippen molar-refractivity contribution in [3.05, 3.63) is 48.0 Å². The van der Waals surface area contributed by atoms with Gasteiger partial charge in [-0.25, -0.2) is 0 Å². The van der Waals surface area contributed by atoms with Crippen molar-refractivity contribution in [3.8, 4) is 11.5 Å². The summed E-state index contributed by atoms with van der Waals surface area (Å²) >= 11 is 0. The molecule has 166 valence electrons. The molecule has 0 unspecified atom stereocenters. The second-order valence-corrected chi connectivity index (χ2v) is 9.52. The van der Waals surface area contributed by atoms with Crippen molar-refractivity contribution in [1.82, 2.24) is 0 Å². The Kier molecular flexibility index (Phi) is 6.30. The van der Waals surface area contributed by atoms with Crippen molar-refractivity contribution in [3.63, 3.8) is 0 Å². The van der Waals surface area contributed by atoms with Crippen molar-refractivity contribution in [2.45, 2.75) is 47.0 Å². The van der Waals surface area contributed by atoms with Gasteiger partial charge in [-0.1, -0.05) is 32.9 Å². The van der Waals surface area contributed by atoms with Crippen LogP contribution in [0.4, 0.5) is 11.4 Å². The largest absolute Gasteiger partial charge is 0.490 e. The SMILES string of the molecule is CCN1C(=O)C(C)(C)COc2cc(NC(=O)COc3ccc(C(C)(C)C)cc3)ccc21. The Balaban J connectivity index is 1.65. The van der Waals surface area contributed by atoms with Gasteiger partial charge >= 0.3 is 0 Å². The summed E-state index contributed by atoms with van der Waals surface area (Å²) in [7, 11) is 0. The van der Waals surface area contributed by atoms with E-state index in [1.807, 2.05) is 45.0 Å². The van der Waals surface area contributed by atoms with E-state index >= 15 is 0 Å². The quantitative estimate of drug-likeness (QED) is 0.751. The molecule has 0 bridgehead atoms. The van der Waals surface area contributed by atoms with Crippen LogP contribution >= 0.6 is 0 Å². The molecule has 0 aromatic heterocycles. The lowest BCUT2D eigenvalue weighted by atomic mass is 9.87. The summed E-state index contributed by atoms with van der Waals surface area (Å²) in [5.74, 6) is 0.985. The van der Waals surface area contributed by atoms with E-state index in [-0.39, 0.29) is 30.4 Å². The highest BCUT2D eigenvalue weighted by atomic mass is 16.5. The molecule has 0 fully saturated rings. The van der Waals surface area contributed by atoms with Gasteiger partial charge in [0.05, 0.1) is 11.1 Å². The van der Waals surface area contributed by atoms with Crippen LogP contribution in [0.5, 0.6) is 11.5 Å². The summed E-state index contributed by atoms with van der Waals surface area (Å²) in [5.41, 5.74) is 1.97. The number of hydrogen-bond acceptors (Lipinski definition) is 4. The Morgan fingerprint density at radius 2 is 1.84 bits per heavy atom. The molecule has 0 saturated carbocycles.